The minimum absolute atomic E-state index is 0. The van der Waals surface area contributed by atoms with Crippen LogP contribution in [0.5, 0.6) is 5.75 Å². The van der Waals surface area contributed by atoms with Crippen LogP contribution in [0.25, 0.3) is 0 Å². The molecule has 4 nitrogen and oxygen atoms in total. The summed E-state index contributed by atoms with van der Waals surface area (Å²) in [4.78, 5) is 4.92. The van der Waals surface area contributed by atoms with E-state index in [9.17, 15) is 0 Å². The first-order valence-electron chi connectivity index (χ1n) is 7.51. The van der Waals surface area contributed by atoms with E-state index in [1.165, 1.54) is 39.1 Å². The van der Waals surface area contributed by atoms with E-state index in [4.69, 9.17) is 9.84 Å². The Hall–Kier alpha value is -0.810. The Morgan fingerprint density at radius 2 is 1.71 bits per heavy atom. The molecule has 0 unspecified atom stereocenters. The number of hydrogen-bond donors (Lipinski definition) is 1. The number of ether oxygens (including phenoxy) is 1. The van der Waals surface area contributed by atoms with Gasteiger partial charge in [0.05, 0.1) is 13.2 Å². The summed E-state index contributed by atoms with van der Waals surface area (Å²) in [6, 6.07) is 7.65. The molecule has 21 heavy (non-hydrogen) atoms. The van der Waals surface area contributed by atoms with Crippen LogP contribution < -0.4 is 4.74 Å². The van der Waals surface area contributed by atoms with E-state index in [1.807, 2.05) is 24.3 Å². The van der Waals surface area contributed by atoms with Crippen molar-refractivity contribution in [2.45, 2.75) is 19.4 Å². The maximum atomic E-state index is 8.97. The first kappa shape index (κ1) is 18.2. The SMILES string of the molecule is CN1CCN(CCCCOc2ccc(CO)cc2)CC1.Cl. The molecule has 120 valence electrons. The van der Waals surface area contributed by atoms with Crippen LogP contribution in [0.3, 0.4) is 0 Å². The molecule has 0 aromatic heterocycles. The van der Waals surface area contributed by atoms with Crippen LogP contribution in [0.1, 0.15) is 18.4 Å². The zero-order valence-electron chi connectivity index (χ0n) is 12.8. The van der Waals surface area contributed by atoms with E-state index in [0.29, 0.717) is 0 Å². The highest BCUT2D eigenvalue weighted by atomic mass is 35.5. The topological polar surface area (TPSA) is 35.9 Å². The van der Waals surface area contributed by atoms with Gasteiger partial charge in [0.25, 0.3) is 0 Å². The van der Waals surface area contributed by atoms with E-state index < -0.39 is 0 Å². The van der Waals surface area contributed by atoms with Crippen molar-refractivity contribution in [3.8, 4) is 5.75 Å². The fourth-order valence-electron chi connectivity index (χ4n) is 2.39. The molecule has 0 atom stereocenters. The minimum atomic E-state index is 0. The number of aliphatic hydroxyl groups is 1. The molecule has 5 heteroatoms. The Kier molecular flexibility index (Phi) is 8.69. The van der Waals surface area contributed by atoms with E-state index in [-0.39, 0.29) is 19.0 Å². The summed E-state index contributed by atoms with van der Waals surface area (Å²) in [5.74, 6) is 0.891. The molecule has 0 spiro atoms. The Labute approximate surface area is 134 Å². The smallest absolute Gasteiger partial charge is 0.119 e. The lowest BCUT2D eigenvalue weighted by atomic mass is 10.2. The maximum absolute atomic E-state index is 8.97. The summed E-state index contributed by atoms with van der Waals surface area (Å²) in [6.07, 6.45) is 2.28. The van der Waals surface area contributed by atoms with Crippen molar-refractivity contribution in [1.82, 2.24) is 9.80 Å². The summed E-state index contributed by atoms with van der Waals surface area (Å²) >= 11 is 0. The normalized spacial score (nSPS) is 16.5. The summed E-state index contributed by atoms with van der Waals surface area (Å²) in [6.45, 7) is 6.81. The molecule has 0 saturated carbocycles. The van der Waals surface area contributed by atoms with Gasteiger partial charge in [-0.15, -0.1) is 12.4 Å². The monoisotopic (exact) mass is 314 g/mol. The molecular formula is C16H27ClN2O2. The zero-order valence-corrected chi connectivity index (χ0v) is 13.6. The Morgan fingerprint density at radius 3 is 2.33 bits per heavy atom. The summed E-state index contributed by atoms with van der Waals surface area (Å²) in [5.41, 5.74) is 0.924. The van der Waals surface area contributed by atoms with Gasteiger partial charge in [0.2, 0.25) is 0 Å². The lowest BCUT2D eigenvalue weighted by Gasteiger charge is -2.32. The summed E-state index contributed by atoms with van der Waals surface area (Å²) < 4.78 is 5.70. The molecule has 1 saturated heterocycles. The number of likely N-dealkylation sites (N-methyl/N-ethyl adjacent to an activating group) is 1. The molecule has 0 aliphatic carbocycles. The van der Waals surface area contributed by atoms with Crippen molar-refractivity contribution in [3.63, 3.8) is 0 Å². The van der Waals surface area contributed by atoms with Gasteiger partial charge in [0.15, 0.2) is 0 Å². The van der Waals surface area contributed by atoms with Gasteiger partial charge in [-0.2, -0.15) is 0 Å². The number of nitrogens with zero attached hydrogens (tertiary/aromatic N) is 2. The van der Waals surface area contributed by atoms with Gasteiger partial charge in [-0.1, -0.05) is 12.1 Å². The van der Waals surface area contributed by atoms with E-state index >= 15 is 0 Å². The second-order valence-electron chi connectivity index (χ2n) is 5.50. The van der Waals surface area contributed by atoms with E-state index in [1.54, 1.807) is 0 Å². The van der Waals surface area contributed by atoms with E-state index in [2.05, 4.69) is 16.8 Å². The standard InChI is InChI=1S/C16H26N2O2.ClH/c1-17-9-11-18(12-10-17)8-2-3-13-20-16-6-4-15(14-19)5-7-16;/h4-7,19H,2-3,8-14H2,1H3;1H. The van der Waals surface area contributed by atoms with Gasteiger partial charge in [0, 0.05) is 26.2 Å². The van der Waals surface area contributed by atoms with Crippen molar-refractivity contribution in [1.29, 1.82) is 0 Å². The molecule has 0 radical (unpaired) electrons. The third kappa shape index (κ3) is 6.66. The van der Waals surface area contributed by atoms with Crippen LogP contribution in [0.2, 0.25) is 0 Å². The van der Waals surface area contributed by atoms with Crippen molar-refractivity contribution >= 4 is 12.4 Å². The predicted octanol–water partition coefficient (Wildman–Crippen LogP) is 2.01. The van der Waals surface area contributed by atoms with Gasteiger partial charge in [-0.05, 0) is 44.1 Å². The van der Waals surface area contributed by atoms with Crippen LogP contribution in [0.4, 0.5) is 0 Å². The molecule has 0 amide bonds. The first-order valence-corrected chi connectivity index (χ1v) is 7.51. The largest absolute Gasteiger partial charge is 0.494 e. The minimum Gasteiger partial charge on any atom is -0.494 e. The van der Waals surface area contributed by atoms with Crippen molar-refractivity contribution in [2.75, 3.05) is 46.4 Å². The van der Waals surface area contributed by atoms with Crippen LogP contribution in [-0.2, 0) is 6.61 Å². The van der Waals surface area contributed by atoms with Gasteiger partial charge in [-0.3, -0.25) is 0 Å². The third-order valence-electron chi connectivity index (χ3n) is 3.84. The molecule has 1 aromatic carbocycles. The van der Waals surface area contributed by atoms with Crippen LogP contribution in [-0.4, -0.2) is 61.3 Å². The summed E-state index contributed by atoms with van der Waals surface area (Å²) in [7, 11) is 2.19. The number of unbranched alkanes of at least 4 members (excludes halogenated alkanes) is 1. The number of halogens is 1. The van der Waals surface area contributed by atoms with E-state index in [0.717, 1.165) is 24.3 Å². The zero-order chi connectivity index (χ0) is 14.2. The van der Waals surface area contributed by atoms with Gasteiger partial charge < -0.3 is 19.6 Å². The second kappa shape index (κ2) is 10.0. The number of rotatable bonds is 7. The number of piperazine rings is 1. The van der Waals surface area contributed by atoms with Gasteiger partial charge in [0.1, 0.15) is 5.75 Å². The highest BCUT2D eigenvalue weighted by Crippen LogP contribution is 2.12. The average molecular weight is 315 g/mol. The number of aliphatic hydroxyl groups excluding tert-OH is 1. The highest BCUT2D eigenvalue weighted by Gasteiger charge is 2.12. The lowest BCUT2D eigenvalue weighted by Crippen LogP contribution is -2.44. The van der Waals surface area contributed by atoms with Crippen molar-refractivity contribution in [3.05, 3.63) is 29.8 Å². The molecule has 1 aromatic rings. The number of benzene rings is 1. The molecule has 0 bridgehead atoms. The predicted molar refractivity (Wildman–Crippen MR) is 88.3 cm³/mol. The molecule has 2 rings (SSSR count). The van der Waals surface area contributed by atoms with Crippen LogP contribution in [0, 0.1) is 0 Å². The molecule has 1 aliphatic heterocycles. The Bertz CT molecular complexity index is 378. The maximum Gasteiger partial charge on any atom is 0.119 e. The van der Waals surface area contributed by atoms with Crippen molar-refractivity contribution in [2.24, 2.45) is 0 Å². The Morgan fingerprint density at radius 1 is 1.05 bits per heavy atom. The molecular weight excluding hydrogens is 288 g/mol. The molecule has 1 N–H and O–H groups in total. The quantitative estimate of drug-likeness (QED) is 0.781. The molecule has 1 aliphatic rings. The van der Waals surface area contributed by atoms with Crippen LogP contribution in [0.15, 0.2) is 24.3 Å². The molecule has 1 fully saturated rings. The van der Waals surface area contributed by atoms with Gasteiger partial charge >= 0.3 is 0 Å². The number of hydrogen-bond acceptors (Lipinski definition) is 4. The average Bonchev–Trinajstić information content (AvgIpc) is 2.49. The lowest BCUT2D eigenvalue weighted by molar-refractivity contribution is 0.150. The fraction of sp³-hybridized carbons (Fsp3) is 0.625. The van der Waals surface area contributed by atoms with Crippen molar-refractivity contribution < 1.29 is 9.84 Å². The first-order chi connectivity index (χ1) is 9.78. The Balaban J connectivity index is 0.00000220. The second-order valence-corrected chi connectivity index (χ2v) is 5.50. The fourth-order valence-corrected chi connectivity index (χ4v) is 2.39. The highest BCUT2D eigenvalue weighted by molar-refractivity contribution is 5.85. The third-order valence-corrected chi connectivity index (χ3v) is 3.84. The van der Waals surface area contributed by atoms with Crippen LogP contribution >= 0.6 is 12.4 Å². The molecule has 1 heterocycles. The summed E-state index contributed by atoms with van der Waals surface area (Å²) in [5, 5.41) is 8.97. The van der Waals surface area contributed by atoms with Gasteiger partial charge in [-0.25, -0.2) is 0 Å².